The highest BCUT2D eigenvalue weighted by Crippen LogP contribution is 2.42. The molecule has 1 saturated heterocycles. The molecule has 2 aromatic carbocycles. The summed E-state index contributed by atoms with van der Waals surface area (Å²) in [4.78, 5) is 2.33. The molecule has 2 aliphatic heterocycles. The van der Waals surface area contributed by atoms with Gasteiger partial charge in [0.05, 0.1) is 17.8 Å². The Morgan fingerprint density at radius 1 is 1.00 bits per heavy atom. The van der Waals surface area contributed by atoms with Gasteiger partial charge >= 0.3 is 6.18 Å². The average Bonchev–Trinajstić information content (AvgIpc) is 2.79. The number of benzene rings is 2. The average molecular weight is 523 g/mol. The van der Waals surface area contributed by atoms with E-state index in [1.807, 2.05) is 0 Å². The van der Waals surface area contributed by atoms with Crippen molar-refractivity contribution in [3.63, 3.8) is 0 Å². The maximum atomic E-state index is 12.7. The number of hydrogen-bond donors (Lipinski definition) is 3. The molecule has 0 bridgehead atoms. The topological polar surface area (TPSA) is 79.0 Å². The molecule has 0 amide bonds. The van der Waals surface area contributed by atoms with Gasteiger partial charge in [0.15, 0.2) is 11.5 Å². The van der Waals surface area contributed by atoms with Crippen LogP contribution in [0.25, 0.3) is 0 Å². The van der Waals surface area contributed by atoms with Crippen molar-refractivity contribution in [3.8, 4) is 11.5 Å². The normalized spacial score (nSPS) is 21.3. The Balaban J connectivity index is 0.00000204. The summed E-state index contributed by atoms with van der Waals surface area (Å²) in [5.74, 6) is 0.114. The number of rotatable bonds is 5. The highest BCUT2D eigenvalue weighted by atomic mass is 35.5. The van der Waals surface area contributed by atoms with Crippen molar-refractivity contribution < 1.29 is 28.1 Å². The lowest BCUT2D eigenvalue weighted by atomic mass is 9.83. The first-order valence-corrected chi connectivity index (χ1v) is 11.0. The number of ether oxygens (including phenoxy) is 1. The fourth-order valence-electron chi connectivity index (χ4n) is 4.85. The molecule has 2 atom stereocenters. The fraction of sp³-hybridized carbons (Fsp3) is 0.500. The molecule has 0 aliphatic carbocycles. The van der Waals surface area contributed by atoms with Gasteiger partial charge in [-0.1, -0.05) is 18.2 Å². The van der Waals surface area contributed by atoms with Crippen LogP contribution in [0.5, 0.6) is 11.5 Å². The molecule has 2 aliphatic rings. The quantitative estimate of drug-likeness (QED) is 0.489. The number of likely N-dealkylation sites (tertiary alicyclic amines) is 1. The Kier molecular flexibility index (Phi) is 9.91. The molecule has 5 nitrogen and oxygen atoms in total. The number of alkyl halides is 3. The van der Waals surface area contributed by atoms with E-state index in [1.54, 1.807) is 18.2 Å². The molecule has 0 spiro atoms. The summed E-state index contributed by atoms with van der Waals surface area (Å²) in [6, 6.07) is 8.62. The fourth-order valence-corrected chi connectivity index (χ4v) is 4.85. The van der Waals surface area contributed by atoms with E-state index >= 15 is 0 Å². The number of phenolic OH excluding ortho intramolecular Hbond substituents is 2. The van der Waals surface area contributed by atoms with Gasteiger partial charge < -0.3 is 25.6 Å². The minimum Gasteiger partial charge on any atom is -0.504 e. The molecular formula is C24H31Cl2F3N2O3. The van der Waals surface area contributed by atoms with Gasteiger partial charge in [0, 0.05) is 25.1 Å². The van der Waals surface area contributed by atoms with E-state index in [9.17, 15) is 23.4 Å². The summed E-state index contributed by atoms with van der Waals surface area (Å²) in [6.07, 6.45) is -1.55. The monoisotopic (exact) mass is 522 g/mol. The zero-order valence-electron chi connectivity index (χ0n) is 18.6. The van der Waals surface area contributed by atoms with Crippen LogP contribution in [0.2, 0.25) is 0 Å². The van der Waals surface area contributed by atoms with Crippen LogP contribution in [0.4, 0.5) is 13.2 Å². The second kappa shape index (κ2) is 11.8. The van der Waals surface area contributed by atoms with Crippen LogP contribution in [-0.4, -0.2) is 47.4 Å². The standard InChI is InChI=1S/C24H29F3N2O3.2ClH/c25-24(26,27)17-3-1-15(2-4-17)7-10-29-11-8-16(9-12-29)21-13-19-18(22(14-28)32-21)5-6-20(30)23(19)31;;/h1-6,16,21-22,30-31H,7-14,28H2;2*1H/t21-,22-;;/m1../s1. The lowest BCUT2D eigenvalue weighted by Crippen LogP contribution is -2.42. The highest BCUT2D eigenvalue weighted by Gasteiger charge is 2.35. The molecule has 10 heteroatoms. The van der Waals surface area contributed by atoms with E-state index in [0.29, 0.717) is 25.3 Å². The van der Waals surface area contributed by atoms with E-state index in [4.69, 9.17) is 10.5 Å². The smallest absolute Gasteiger partial charge is 0.416 e. The van der Waals surface area contributed by atoms with Crippen molar-refractivity contribution >= 4 is 24.8 Å². The van der Waals surface area contributed by atoms with Gasteiger partial charge in [0.25, 0.3) is 0 Å². The molecule has 2 heterocycles. The van der Waals surface area contributed by atoms with Crippen molar-refractivity contribution in [1.82, 2.24) is 4.90 Å². The van der Waals surface area contributed by atoms with Crippen molar-refractivity contribution in [2.45, 2.75) is 44.1 Å². The second-order valence-corrected chi connectivity index (χ2v) is 8.73. The van der Waals surface area contributed by atoms with Gasteiger partial charge in [-0.25, -0.2) is 0 Å². The van der Waals surface area contributed by atoms with Crippen molar-refractivity contribution in [3.05, 3.63) is 58.7 Å². The minimum absolute atomic E-state index is 0. The Bertz CT molecular complexity index is 936. The highest BCUT2D eigenvalue weighted by molar-refractivity contribution is 5.85. The molecule has 1 fully saturated rings. The van der Waals surface area contributed by atoms with Crippen LogP contribution >= 0.6 is 24.8 Å². The first-order valence-electron chi connectivity index (χ1n) is 11.0. The van der Waals surface area contributed by atoms with E-state index in [0.717, 1.165) is 61.3 Å². The number of fused-ring (bicyclic) bond motifs is 1. The van der Waals surface area contributed by atoms with Gasteiger partial charge in [-0.2, -0.15) is 13.2 Å². The first-order chi connectivity index (χ1) is 15.3. The van der Waals surface area contributed by atoms with Crippen LogP contribution < -0.4 is 5.73 Å². The number of halogens is 5. The second-order valence-electron chi connectivity index (χ2n) is 8.73. The van der Waals surface area contributed by atoms with Gasteiger partial charge in [0.2, 0.25) is 0 Å². The number of piperidine rings is 1. The number of phenols is 2. The third-order valence-electron chi connectivity index (χ3n) is 6.76. The third-order valence-corrected chi connectivity index (χ3v) is 6.76. The van der Waals surface area contributed by atoms with Crippen molar-refractivity contribution in [1.29, 1.82) is 0 Å². The number of nitrogens with zero attached hydrogens (tertiary/aromatic N) is 1. The molecule has 4 N–H and O–H groups in total. The lowest BCUT2D eigenvalue weighted by Gasteiger charge is -2.40. The lowest BCUT2D eigenvalue weighted by molar-refractivity contribution is -0.137. The summed E-state index contributed by atoms with van der Waals surface area (Å²) in [5, 5.41) is 20.2. The van der Waals surface area contributed by atoms with Crippen LogP contribution in [-0.2, 0) is 23.8 Å². The molecule has 2 aromatic rings. The molecule has 0 radical (unpaired) electrons. The molecule has 0 saturated carbocycles. The summed E-state index contributed by atoms with van der Waals surface area (Å²) < 4.78 is 44.4. The Morgan fingerprint density at radius 3 is 2.24 bits per heavy atom. The van der Waals surface area contributed by atoms with Gasteiger partial charge in [0.1, 0.15) is 0 Å². The van der Waals surface area contributed by atoms with E-state index < -0.39 is 11.7 Å². The Hall–Kier alpha value is -1.71. The predicted octanol–water partition coefficient (Wildman–Crippen LogP) is 4.86. The maximum Gasteiger partial charge on any atom is 0.416 e. The Morgan fingerprint density at radius 2 is 1.65 bits per heavy atom. The summed E-state index contributed by atoms with van der Waals surface area (Å²) in [6.45, 7) is 2.88. The third kappa shape index (κ3) is 6.29. The summed E-state index contributed by atoms with van der Waals surface area (Å²) >= 11 is 0. The van der Waals surface area contributed by atoms with Crippen LogP contribution in [0.15, 0.2) is 36.4 Å². The molecule has 0 unspecified atom stereocenters. The Labute approximate surface area is 209 Å². The van der Waals surface area contributed by atoms with Gasteiger partial charge in [-0.05, 0) is 67.6 Å². The number of hydrogen-bond acceptors (Lipinski definition) is 5. The van der Waals surface area contributed by atoms with Crippen LogP contribution in [0, 0.1) is 5.92 Å². The predicted molar refractivity (Wildman–Crippen MR) is 129 cm³/mol. The van der Waals surface area contributed by atoms with Crippen LogP contribution in [0.1, 0.15) is 41.2 Å². The molecule has 4 rings (SSSR count). The number of aromatic hydroxyl groups is 2. The summed E-state index contributed by atoms with van der Waals surface area (Å²) in [7, 11) is 0. The largest absolute Gasteiger partial charge is 0.504 e. The molecule has 0 aromatic heterocycles. The first kappa shape index (κ1) is 28.5. The molecule has 34 heavy (non-hydrogen) atoms. The van der Waals surface area contributed by atoms with Gasteiger partial charge in [-0.15, -0.1) is 24.8 Å². The summed E-state index contributed by atoms with van der Waals surface area (Å²) in [5.41, 5.74) is 7.75. The minimum atomic E-state index is -4.30. The zero-order chi connectivity index (χ0) is 22.9. The van der Waals surface area contributed by atoms with Crippen LogP contribution in [0.3, 0.4) is 0 Å². The van der Waals surface area contributed by atoms with E-state index in [1.165, 1.54) is 6.07 Å². The SMILES string of the molecule is Cl.Cl.NC[C@H]1O[C@@H](C2CCN(CCc3ccc(C(F)(F)F)cc3)CC2)Cc2c1ccc(O)c2O. The molecular weight excluding hydrogens is 492 g/mol. The van der Waals surface area contributed by atoms with E-state index in [-0.39, 0.29) is 48.5 Å². The van der Waals surface area contributed by atoms with Gasteiger partial charge in [-0.3, -0.25) is 0 Å². The van der Waals surface area contributed by atoms with Crippen molar-refractivity contribution in [2.75, 3.05) is 26.2 Å². The van der Waals surface area contributed by atoms with E-state index in [2.05, 4.69) is 4.90 Å². The number of nitrogens with two attached hydrogens (primary N) is 1. The zero-order valence-corrected chi connectivity index (χ0v) is 20.3. The molecule has 190 valence electrons. The van der Waals surface area contributed by atoms with Crippen molar-refractivity contribution in [2.24, 2.45) is 11.7 Å². The maximum absolute atomic E-state index is 12.7.